The van der Waals surface area contributed by atoms with Crippen molar-refractivity contribution < 1.29 is 9.90 Å². The summed E-state index contributed by atoms with van der Waals surface area (Å²) in [5.74, 6) is 0.896. The van der Waals surface area contributed by atoms with Crippen LogP contribution in [0.3, 0.4) is 0 Å². The molecule has 3 atom stereocenters. The van der Waals surface area contributed by atoms with Gasteiger partial charge in [-0.25, -0.2) is 0 Å². The van der Waals surface area contributed by atoms with Gasteiger partial charge in [0.25, 0.3) is 0 Å². The average Bonchev–Trinajstić information content (AvgIpc) is 2.37. The van der Waals surface area contributed by atoms with Crippen LogP contribution < -0.4 is 0 Å². The minimum Gasteiger partial charge on any atom is -0.390 e. The van der Waals surface area contributed by atoms with Crippen LogP contribution in [0.25, 0.3) is 0 Å². The second-order valence-electron chi connectivity index (χ2n) is 6.58. The molecule has 102 valence electrons. The van der Waals surface area contributed by atoms with E-state index in [4.69, 9.17) is 0 Å². The SMILES string of the molecule is O=C1CCCC(N2CCC3(O)CCCCC3C2)C1. The van der Waals surface area contributed by atoms with Gasteiger partial charge in [-0.1, -0.05) is 12.8 Å². The molecule has 1 saturated heterocycles. The van der Waals surface area contributed by atoms with Crippen LogP contribution in [-0.4, -0.2) is 40.5 Å². The number of hydrogen-bond acceptors (Lipinski definition) is 3. The van der Waals surface area contributed by atoms with Crippen molar-refractivity contribution in [2.75, 3.05) is 13.1 Å². The topological polar surface area (TPSA) is 40.5 Å². The molecule has 0 amide bonds. The number of Topliss-reactive ketones (excluding diaryl/α,β-unsaturated/α-hetero) is 1. The van der Waals surface area contributed by atoms with Crippen molar-refractivity contribution in [1.29, 1.82) is 0 Å². The summed E-state index contributed by atoms with van der Waals surface area (Å²) in [4.78, 5) is 14.1. The predicted molar refractivity (Wildman–Crippen MR) is 70.4 cm³/mol. The third-order valence-electron chi connectivity index (χ3n) is 5.43. The van der Waals surface area contributed by atoms with Crippen LogP contribution in [0.2, 0.25) is 0 Å². The summed E-state index contributed by atoms with van der Waals surface area (Å²) in [6, 6.07) is 0.470. The van der Waals surface area contributed by atoms with Gasteiger partial charge in [-0.05, 0) is 32.1 Å². The Kier molecular flexibility index (Phi) is 3.46. The summed E-state index contributed by atoms with van der Waals surface area (Å²) in [6.45, 7) is 2.01. The maximum Gasteiger partial charge on any atom is 0.134 e. The minimum atomic E-state index is -0.382. The van der Waals surface area contributed by atoms with E-state index in [-0.39, 0.29) is 5.60 Å². The minimum absolute atomic E-state index is 0.382. The van der Waals surface area contributed by atoms with Gasteiger partial charge in [0.15, 0.2) is 0 Å². The first kappa shape index (κ1) is 12.6. The molecule has 0 radical (unpaired) electrons. The molecule has 3 aliphatic rings. The van der Waals surface area contributed by atoms with Crippen molar-refractivity contribution in [3.8, 4) is 0 Å². The highest BCUT2D eigenvalue weighted by atomic mass is 16.3. The number of carbonyl (C=O) groups excluding carboxylic acids is 1. The van der Waals surface area contributed by atoms with Crippen molar-refractivity contribution in [3.05, 3.63) is 0 Å². The molecule has 1 heterocycles. The lowest BCUT2D eigenvalue weighted by Gasteiger charge is -2.49. The van der Waals surface area contributed by atoms with Crippen molar-refractivity contribution in [1.82, 2.24) is 4.90 Å². The highest BCUT2D eigenvalue weighted by molar-refractivity contribution is 5.79. The number of fused-ring (bicyclic) bond motifs is 1. The Morgan fingerprint density at radius 1 is 1.17 bits per heavy atom. The van der Waals surface area contributed by atoms with E-state index < -0.39 is 0 Å². The fourth-order valence-electron chi connectivity index (χ4n) is 4.24. The van der Waals surface area contributed by atoms with Crippen LogP contribution in [0.15, 0.2) is 0 Å². The molecule has 3 fully saturated rings. The molecule has 3 heteroatoms. The largest absolute Gasteiger partial charge is 0.390 e. The molecule has 1 aliphatic heterocycles. The number of likely N-dealkylation sites (tertiary alicyclic amines) is 1. The first-order valence-electron chi connectivity index (χ1n) is 7.65. The highest BCUT2D eigenvalue weighted by Gasteiger charge is 2.44. The maximum absolute atomic E-state index is 11.6. The summed E-state index contributed by atoms with van der Waals surface area (Å²) in [6.07, 6.45) is 9.33. The summed E-state index contributed by atoms with van der Waals surface area (Å²) in [5, 5.41) is 10.7. The Morgan fingerprint density at radius 3 is 2.89 bits per heavy atom. The van der Waals surface area contributed by atoms with E-state index in [0.29, 0.717) is 17.7 Å². The van der Waals surface area contributed by atoms with Gasteiger partial charge in [-0.2, -0.15) is 0 Å². The van der Waals surface area contributed by atoms with Gasteiger partial charge in [-0.3, -0.25) is 9.69 Å². The van der Waals surface area contributed by atoms with Gasteiger partial charge in [0.05, 0.1) is 5.60 Å². The van der Waals surface area contributed by atoms with Crippen LogP contribution >= 0.6 is 0 Å². The molecule has 3 rings (SSSR count). The number of hydrogen-bond donors (Lipinski definition) is 1. The van der Waals surface area contributed by atoms with Crippen LogP contribution in [0, 0.1) is 5.92 Å². The van der Waals surface area contributed by atoms with Crippen molar-refractivity contribution in [2.45, 2.75) is 69.4 Å². The first-order valence-corrected chi connectivity index (χ1v) is 7.65. The third-order valence-corrected chi connectivity index (χ3v) is 5.43. The molecular weight excluding hydrogens is 226 g/mol. The molecule has 0 aromatic carbocycles. The Morgan fingerprint density at radius 2 is 2.06 bits per heavy atom. The molecule has 18 heavy (non-hydrogen) atoms. The normalized spacial score (nSPS) is 42.6. The number of piperidine rings is 1. The summed E-state index contributed by atoms with van der Waals surface area (Å²) in [7, 11) is 0. The zero-order valence-electron chi connectivity index (χ0n) is 11.2. The molecule has 0 aromatic heterocycles. The molecule has 0 spiro atoms. The first-order chi connectivity index (χ1) is 8.67. The lowest BCUT2D eigenvalue weighted by Crippen LogP contribution is -2.56. The van der Waals surface area contributed by atoms with Gasteiger partial charge >= 0.3 is 0 Å². The van der Waals surface area contributed by atoms with Gasteiger partial charge < -0.3 is 5.11 Å². The van der Waals surface area contributed by atoms with Crippen molar-refractivity contribution >= 4 is 5.78 Å². The fourth-order valence-corrected chi connectivity index (χ4v) is 4.24. The number of nitrogens with zero attached hydrogens (tertiary/aromatic N) is 1. The molecule has 0 aromatic rings. The molecule has 3 unspecified atom stereocenters. The zero-order chi connectivity index (χ0) is 12.6. The van der Waals surface area contributed by atoms with E-state index >= 15 is 0 Å². The van der Waals surface area contributed by atoms with Crippen LogP contribution in [0.5, 0.6) is 0 Å². The highest BCUT2D eigenvalue weighted by Crippen LogP contribution is 2.41. The van der Waals surface area contributed by atoms with Crippen molar-refractivity contribution in [2.24, 2.45) is 5.92 Å². The summed E-state index contributed by atoms with van der Waals surface area (Å²) in [5.41, 5.74) is -0.382. The number of carbonyl (C=O) groups is 1. The monoisotopic (exact) mass is 251 g/mol. The van der Waals surface area contributed by atoms with Gasteiger partial charge in [0.2, 0.25) is 0 Å². The average molecular weight is 251 g/mol. The van der Waals surface area contributed by atoms with Crippen LogP contribution in [0.4, 0.5) is 0 Å². The Hall–Kier alpha value is -0.410. The van der Waals surface area contributed by atoms with Gasteiger partial charge in [0.1, 0.15) is 5.78 Å². The number of rotatable bonds is 1. The third kappa shape index (κ3) is 2.35. The summed E-state index contributed by atoms with van der Waals surface area (Å²) >= 11 is 0. The second-order valence-corrected chi connectivity index (χ2v) is 6.58. The van der Waals surface area contributed by atoms with Gasteiger partial charge in [-0.15, -0.1) is 0 Å². The predicted octanol–water partition coefficient (Wildman–Crippen LogP) is 2.13. The molecule has 1 N–H and O–H groups in total. The van der Waals surface area contributed by atoms with Crippen LogP contribution in [0.1, 0.15) is 57.8 Å². The standard InChI is InChI=1S/C15H25NO2/c17-14-6-3-5-13(10-14)16-9-8-15(18)7-2-1-4-12(15)11-16/h12-13,18H,1-11H2. The Labute approximate surface area is 110 Å². The Balaban J connectivity index is 1.64. The molecule has 2 saturated carbocycles. The van der Waals surface area contributed by atoms with E-state index in [1.165, 1.54) is 25.7 Å². The van der Waals surface area contributed by atoms with E-state index in [0.717, 1.165) is 45.2 Å². The quantitative estimate of drug-likeness (QED) is 0.776. The molecular formula is C15H25NO2. The lowest BCUT2D eigenvalue weighted by atomic mass is 9.70. The summed E-state index contributed by atoms with van der Waals surface area (Å²) < 4.78 is 0. The van der Waals surface area contributed by atoms with E-state index in [1.54, 1.807) is 0 Å². The lowest BCUT2D eigenvalue weighted by molar-refractivity contribution is -0.126. The second kappa shape index (κ2) is 4.93. The van der Waals surface area contributed by atoms with Gasteiger partial charge in [0, 0.05) is 37.9 Å². The zero-order valence-corrected chi connectivity index (χ0v) is 11.2. The smallest absolute Gasteiger partial charge is 0.134 e. The van der Waals surface area contributed by atoms with E-state index in [9.17, 15) is 9.90 Å². The van der Waals surface area contributed by atoms with Crippen LogP contribution in [-0.2, 0) is 4.79 Å². The fraction of sp³-hybridized carbons (Fsp3) is 0.933. The molecule has 3 nitrogen and oxygen atoms in total. The van der Waals surface area contributed by atoms with E-state index in [2.05, 4.69) is 4.90 Å². The number of aliphatic hydroxyl groups is 1. The molecule has 0 bridgehead atoms. The van der Waals surface area contributed by atoms with Crippen molar-refractivity contribution in [3.63, 3.8) is 0 Å². The van der Waals surface area contributed by atoms with E-state index in [1.807, 2.05) is 0 Å². The Bertz CT molecular complexity index is 330. The maximum atomic E-state index is 11.6. The number of ketones is 1. The molecule has 2 aliphatic carbocycles.